The molecule has 1 aromatic carbocycles. The third kappa shape index (κ3) is 5.18. The van der Waals surface area contributed by atoms with E-state index < -0.39 is 0 Å². The molecule has 6 heteroatoms. The van der Waals surface area contributed by atoms with Crippen LogP contribution in [-0.4, -0.2) is 54.7 Å². The Kier molecular flexibility index (Phi) is 6.99. The van der Waals surface area contributed by atoms with Crippen LogP contribution in [0.25, 0.3) is 0 Å². The summed E-state index contributed by atoms with van der Waals surface area (Å²) in [5.74, 6) is -0.324. The van der Waals surface area contributed by atoms with Crippen LogP contribution in [-0.2, 0) is 11.3 Å². The van der Waals surface area contributed by atoms with Crippen molar-refractivity contribution in [1.29, 1.82) is 0 Å². The van der Waals surface area contributed by atoms with Gasteiger partial charge in [-0.2, -0.15) is 0 Å². The van der Waals surface area contributed by atoms with E-state index in [1.807, 2.05) is 29.7 Å². The molecule has 134 valence electrons. The lowest BCUT2D eigenvalue weighted by atomic mass is 10.1. The average Bonchev–Trinajstić information content (AvgIpc) is 2.59. The molecule has 0 atom stereocenters. The van der Waals surface area contributed by atoms with Gasteiger partial charge in [-0.3, -0.25) is 9.69 Å². The van der Waals surface area contributed by atoms with Gasteiger partial charge in [0.05, 0.1) is 18.3 Å². The third-order valence-electron chi connectivity index (χ3n) is 4.57. The number of hydrogen-bond acceptors (Lipinski definition) is 4. The van der Waals surface area contributed by atoms with Gasteiger partial charge in [0.25, 0.3) is 0 Å². The number of hydrogen-bond donors (Lipinski definition) is 2. The zero-order valence-electron chi connectivity index (χ0n) is 14.6. The minimum absolute atomic E-state index is 0.0480. The predicted molar refractivity (Wildman–Crippen MR) is 93.5 cm³/mol. The van der Waals surface area contributed by atoms with Gasteiger partial charge < -0.3 is 15.3 Å². The van der Waals surface area contributed by atoms with E-state index in [9.17, 15) is 14.3 Å². The minimum Gasteiger partial charge on any atom is -0.393 e. The number of nitrogens with one attached hydrogen (secondary N) is 1. The average molecular weight is 337 g/mol. The number of carbonyl (C=O) groups is 1. The molecule has 2 N–H and O–H groups in total. The van der Waals surface area contributed by atoms with E-state index in [4.69, 9.17) is 0 Å². The van der Waals surface area contributed by atoms with Crippen molar-refractivity contribution in [3.8, 4) is 0 Å². The number of halogens is 1. The standard InChI is InChI=1S/C18H28FN3O2/c1-3-21(4-2)13-18(24)20-12-14-5-6-17(16(19)11-14)22-9-7-15(23)8-10-22/h5-6,11,15,23H,3-4,7-10,12-13H2,1-2H3,(H,20,24). The summed E-state index contributed by atoms with van der Waals surface area (Å²) in [5.41, 5.74) is 1.32. The minimum atomic E-state index is -0.276. The highest BCUT2D eigenvalue weighted by Crippen LogP contribution is 2.24. The van der Waals surface area contributed by atoms with E-state index in [0.29, 0.717) is 44.7 Å². The molecule has 0 aliphatic carbocycles. The molecule has 24 heavy (non-hydrogen) atoms. The molecular formula is C18H28FN3O2. The van der Waals surface area contributed by atoms with Crippen LogP contribution in [0, 0.1) is 5.82 Å². The molecule has 1 aliphatic heterocycles. The Bertz CT molecular complexity index is 541. The summed E-state index contributed by atoms with van der Waals surface area (Å²) in [7, 11) is 0. The second kappa shape index (κ2) is 8.99. The molecule has 5 nitrogen and oxygen atoms in total. The quantitative estimate of drug-likeness (QED) is 0.796. The maximum absolute atomic E-state index is 14.4. The predicted octanol–water partition coefficient (Wildman–Crippen LogP) is 1.74. The number of amides is 1. The molecule has 1 aliphatic rings. The molecular weight excluding hydrogens is 309 g/mol. The Morgan fingerprint density at radius 3 is 2.58 bits per heavy atom. The summed E-state index contributed by atoms with van der Waals surface area (Å²) in [6.45, 7) is 7.72. The Morgan fingerprint density at radius 1 is 1.33 bits per heavy atom. The first-order valence-corrected chi connectivity index (χ1v) is 8.74. The van der Waals surface area contributed by atoms with E-state index in [2.05, 4.69) is 5.32 Å². The maximum Gasteiger partial charge on any atom is 0.234 e. The third-order valence-corrected chi connectivity index (χ3v) is 4.57. The lowest BCUT2D eigenvalue weighted by Crippen LogP contribution is -2.37. The molecule has 0 spiro atoms. The highest BCUT2D eigenvalue weighted by molar-refractivity contribution is 5.78. The molecule has 2 rings (SSSR count). The van der Waals surface area contributed by atoms with Crippen molar-refractivity contribution in [2.75, 3.05) is 37.6 Å². The number of anilines is 1. The molecule has 1 aromatic rings. The Morgan fingerprint density at radius 2 is 2.00 bits per heavy atom. The van der Waals surface area contributed by atoms with E-state index in [-0.39, 0.29) is 17.8 Å². The van der Waals surface area contributed by atoms with Crippen LogP contribution in [0.1, 0.15) is 32.3 Å². The second-order valence-electron chi connectivity index (χ2n) is 6.24. The van der Waals surface area contributed by atoms with Crippen LogP contribution in [0.5, 0.6) is 0 Å². The number of nitrogens with zero attached hydrogens (tertiary/aromatic N) is 2. The van der Waals surface area contributed by atoms with Gasteiger partial charge in [-0.05, 0) is 43.6 Å². The SMILES string of the molecule is CCN(CC)CC(=O)NCc1ccc(N2CCC(O)CC2)c(F)c1. The lowest BCUT2D eigenvalue weighted by Gasteiger charge is -2.31. The summed E-state index contributed by atoms with van der Waals surface area (Å²) >= 11 is 0. The topological polar surface area (TPSA) is 55.8 Å². The second-order valence-corrected chi connectivity index (χ2v) is 6.24. The molecule has 0 aromatic heterocycles. The summed E-state index contributed by atoms with van der Waals surface area (Å²) in [6, 6.07) is 5.10. The van der Waals surface area contributed by atoms with E-state index >= 15 is 0 Å². The Hall–Kier alpha value is -1.66. The van der Waals surface area contributed by atoms with Crippen molar-refractivity contribution in [3.05, 3.63) is 29.6 Å². The van der Waals surface area contributed by atoms with Crippen LogP contribution >= 0.6 is 0 Å². The lowest BCUT2D eigenvalue weighted by molar-refractivity contribution is -0.122. The number of aliphatic hydroxyl groups is 1. The summed E-state index contributed by atoms with van der Waals surface area (Å²) in [6.07, 6.45) is 1.06. The molecule has 1 saturated heterocycles. The molecule has 0 saturated carbocycles. The van der Waals surface area contributed by atoms with Crippen molar-refractivity contribution >= 4 is 11.6 Å². The van der Waals surface area contributed by atoms with Crippen LogP contribution < -0.4 is 10.2 Å². The van der Waals surface area contributed by atoms with Gasteiger partial charge in [-0.1, -0.05) is 19.9 Å². The number of likely N-dealkylation sites (N-methyl/N-ethyl adjacent to an activating group) is 1. The summed E-state index contributed by atoms with van der Waals surface area (Å²) in [4.78, 5) is 15.9. The largest absolute Gasteiger partial charge is 0.393 e. The maximum atomic E-state index is 14.4. The fourth-order valence-corrected chi connectivity index (χ4v) is 2.93. The fourth-order valence-electron chi connectivity index (χ4n) is 2.93. The molecule has 1 heterocycles. The summed E-state index contributed by atoms with van der Waals surface area (Å²) in [5, 5.41) is 12.4. The first kappa shape index (κ1) is 18.7. The molecule has 0 unspecified atom stereocenters. The molecule has 0 bridgehead atoms. The van der Waals surface area contributed by atoms with Gasteiger partial charge in [0.15, 0.2) is 0 Å². The zero-order chi connectivity index (χ0) is 17.5. The number of benzene rings is 1. The number of rotatable bonds is 7. The van der Waals surface area contributed by atoms with Crippen LogP contribution in [0.15, 0.2) is 18.2 Å². The normalized spacial score (nSPS) is 15.8. The van der Waals surface area contributed by atoms with Crippen LogP contribution in [0.4, 0.5) is 10.1 Å². The number of aliphatic hydroxyl groups excluding tert-OH is 1. The van der Waals surface area contributed by atoms with Gasteiger partial charge >= 0.3 is 0 Å². The van der Waals surface area contributed by atoms with Crippen molar-refractivity contribution in [3.63, 3.8) is 0 Å². The first-order valence-electron chi connectivity index (χ1n) is 8.74. The monoisotopic (exact) mass is 337 g/mol. The van der Waals surface area contributed by atoms with Gasteiger partial charge in [-0.15, -0.1) is 0 Å². The van der Waals surface area contributed by atoms with Gasteiger partial charge in [0, 0.05) is 19.6 Å². The van der Waals surface area contributed by atoms with Gasteiger partial charge in [-0.25, -0.2) is 4.39 Å². The summed E-state index contributed by atoms with van der Waals surface area (Å²) < 4.78 is 14.4. The Labute approximate surface area is 143 Å². The molecule has 1 fully saturated rings. The first-order chi connectivity index (χ1) is 11.5. The molecule has 1 amide bonds. The van der Waals surface area contributed by atoms with Gasteiger partial charge in [0.2, 0.25) is 5.91 Å². The van der Waals surface area contributed by atoms with E-state index in [0.717, 1.165) is 18.7 Å². The van der Waals surface area contributed by atoms with E-state index in [1.165, 1.54) is 6.07 Å². The van der Waals surface area contributed by atoms with Gasteiger partial charge in [0.1, 0.15) is 5.82 Å². The van der Waals surface area contributed by atoms with Crippen molar-refractivity contribution < 1.29 is 14.3 Å². The fraction of sp³-hybridized carbons (Fsp3) is 0.611. The Balaban J connectivity index is 1.89. The van der Waals surface area contributed by atoms with Crippen LogP contribution in [0.3, 0.4) is 0 Å². The van der Waals surface area contributed by atoms with Crippen LogP contribution in [0.2, 0.25) is 0 Å². The van der Waals surface area contributed by atoms with E-state index in [1.54, 1.807) is 6.07 Å². The smallest absolute Gasteiger partial charge is 0.234 e. The zero-order valence-corrected chi connectivity index (χ0v) is 14.6. The highest BCUT2D eigenvalue weighted by atomic mass is 19.1. The number of carbonyl (C=O) groups excluding carboxylic acids is 1. The van der Waals surface area contributed by atoms with Crippen molar-refractivity contribution in [2.45, 2.75) is 39.3 Å². The highest BCUT2D eigenvalue weighted by Gasteiger charge is 2.19. The molecule has 0 radical (unpaired) electrons. The van der Waals surface area contributed by atoms with Crippen molar-refractivity contribution in [2.24, 2.45) is 0 Å². The number of piperidine rings is 1. The van der Waals surface area contributed by atoms with Crippen molar-refractivity contribution in [1.82, 2.24) is 10.2 Å².